The van der Waals surface area contributed by atoms with Crippen molar-refractivity contribution in [2.75, 3.05) is 0 Å². The minimum absolute atomic E-state index is 0.454. The van der Waals surface area contributed by atoms with Crippen LogP contribution in [0, 0.1) is 6.92 Å². The highest BCUT2D eigenvalue weighted by Crippen LogP contribution is 2.03. The summed E-state index contributed by atoms with van der Waals surface area (Å²) in [6, 6.07) is 5.42. The average Bonchev–Trinajstić information content (AvgIpc) is 1.88. The van der Waals surface area contributed by atoms with Crippen LogP contribution in [0.4, 0.5) is 0 Å². The topological polar surface area (TPSA) is 48.1 Å². The van der Waals surface area contributed by atoms with Gasteiger partial charge in [-0.15, -0.1) is 0 Å². The molecule has 0 bridgehead atoms. The van der Waals surface area contributed by atoms with Crippen LogP contribution in [0.5, 0.6) is 5.88 Å². The van der Waals surface area contributed by atoms with Gasteiger partial charge in [-0.25, -0.2) is 4.98 Å². The summed E-state index contributed by atoms with van der Waals surface area (Å²) in [7, 11) is 0. The summed E-state index contributed by atoms with van der Waals surface area (Å²) < 4.78 is 0. The number of pyridine rings is 1. The second-order valence-electron chi connectivity index (χ2n) is 1.74. The van der Waals surface area contributed by atoms with E-state index in [1.54, 1.807) is 6.07 Å². The van der Waals surface area contributed by atoms with E-state index in [4.69, 9.17) is 5.90 Å². The van der Waals surface area contributed by atoms with Crippen LogP contribution in [-0.4, -0.2) is 4.98 Å². The largest absolute Gasteiger partial charge is 0.391 e. The maximum absolute atomic E-state index is 4.86. The van der Waals surface area contributed by atoms with Gasteiger partial charge in [0.25, 0.3) is 0 Å². The van der Waals surface area contributed by atoms with E-state index < -0.39 is 0 Å². The fourth-order valence-corrected chi connectivity index (χ4v) is 0.584. The van der Waals surface area contributed by atoms with Crippen LogP contribution < -0.4 is 10.7 Å². The first-order valence-corrected chi connectivity index (χ1v) is 2.63. The molecular weight excluding hydrogens is 116 g/mol. The van der Waals surface area contributed by atoms with E-state index in [-0.39, 0.29) is 0 Å². The Morgan fingerprint density at radius 1 is 1.56 bits per heavy atom. The summed E-state index contributed by atoms with van der Waals surface area (Å²) in [5.74, 6) is 5.31. The monoisotopic (exact) mass is 124 g/mol. The zero-order valence-electron chi connectivity index (χ0n) is 5.16. The second-order valence-corrected chi connectivity index (χ2v) is 1.74. The Balaban J connectivity index is 2.94. The maximum Gasteiger partial charge on any atom is 0.237 e. The molecule has 3 heteroatoms. The first kappa shape index (κ1) is 6.04. The molecule has 0 radical (unpaired) electrons. The molecule has 1 aromatic heterocycles. The third kappa shape index (κ3) is 1.40. The van der Waals surface area contributed by atoms with Crippen LogP contribution in [-0.2, 0) is 0 Å². The van der Waals surface area contributed by atoms with E-state index in [0.29, 0.717) is 5.88 Å². The first-order valence-electron chi connectivity index (χ1n) is 2.63. The lowest BCUT2D eigenvalue weighted by molar-refractivity contribution is 0.320. The standard InChI is InChI=1S/C6H8N2O/c1-5-3-2-4-6(8-5)9-7/h2-4H,7H2,1H3. The van der Waals surface area contributed by atoms with Crippen molar-refractivity contribution in [2.45, 2.75) is 6.92 Å². The fourth-order valence-electron chi connectivity index (χ4n) is 0.584. The van der Waals surface area contributed by atoms with Crippen molar-refractivity contribution in [1.82, 2.24) is 4.98 Å². The number of aryl methyl sites for hydroxylation is 1. The van der Waals surface area contributed by atoms with Crippen LogP contribution in [0.3, 0.4) is 0 Å². The molecule has 3 nitrogen and oxygen atoms in total. The van der Waals surface area contributed by atoms with Crippen molar-refractivity contribution < 1.29 is 4.84 Å². The van der Waals surface area contributed by atoms with E-state index in [1.807, 2.05) is 19.1 Å². The van der Waals surface area contributed by atoms with Crippen molar-refractivity contribution in [3.05, 3.63) is 23.9 Å². The molecule has 0 unspecified atom stereocenters. The summed E-state index contributed by atoms with van der Waals surface area (Å²) in [5.41, 5.74) is 0.901. The average molecular weight is 124 g/mol. The lowest BCUT2D eigenvalue weighted by atomic mass is 10.4. The molecule has 0 amide bonds. The Morgan fingerprint density at radius 2 is 2.33 bits per heavy atom. The number of hydrogen-bond acceptors (Lipinski definition) is 3. The highest BCUT2D eigenvalue weighted by molar-refractivity contribution is 5.13. The predicted octanol–water partition coefficient (Wildman–Crippen LogP) is 0.643. The second kappa shape index (κ2) is 2.46. The Bertz CT molecular complexity index is 200. The van der Waals surface area contributed by atoms with Gasteiger partial charge in [0.05, 0.1) is 0 Å². The molecule has 48 valence electrons. The lowest BCUT2D eigenvalue weighted by Gasteiger charge is -1.95. The fraction of sp³-hybridized carbons (Fsp3) is 0.167. The molecule has 0 aromatic carbocycles. The van der Waals surface area contributed by atoms with E-state index in [1.165, 1.54) is 0 Å². The van der Waals surface area contributed by atoms with Gasteiger partial charge < -0.3 is 4.84 Å². The molecule has 0 saturated heterocycles. The number of rotatable bonds is 1. The zero-order valence-corrected chi connectivity index (χ0v) is 5.16. The summed E-state index contributed by atoms with van der Waals surface area (Å²) >= 11 is 0. The van der Waals surface area contributed by atoms with Gasteiger partial charge >= 0.3 is 0 Å². The highest BCUT2D eigenvalue weighted by atomic mass is 16.6. The van der Waals surface area contributed by atoms with Gasteiger partial charge in [0.1, 0.15) is 0 Å². The van der Waals surface area contributed by atoms with E-state index in [0.717, 1.165) is 5.69 Å². The van der Waals surface area contributed by atoms with Gasteiger partial charge in [-0.05, 0) is 13.0 Å². The molecule has 0 aliphatic carbocycles. The summed E-state index contributed by atoms with van der Waals surface area (Å²) in [4.78, 5) is 8.33. The van der Waals surface area contributed by atoms with Gasteiger partial charge in [0.15, 0.2) is 0 Å². The number of aromatic nitrogens is 1. The van der Waals surface area contributed by atoms with E-state index >= 15 is 0 Å². The minimum atomic E-state index is 0.454. The first-order chi connectivity index (χ1) is 4.33. The molecule has 0 fully saturated rings. The van der Waals surface area contributed by atoms with Gasteiger partial charge in [0.2, 0.25) is 5.88 Å². The third-order valence-electron chi connectivity index (χ3n) is 0.984. The van der Waals surface area contributed by atoms with Crippen LogP contribution in [0.2, 0.25) is 0 Å². The summed E-state index contributed by atoms with van der Waals surface area (Å²) in [5, 5.41) is 0. The number of hydrogen-bond donors (Lipinski definition) is 1. The molecule has 1 rings (SSSR count). The maximum atomic E-state index is 4.86. The normalized spacial score (nSPS) is 9.11. The molecule has 0 aliphatic heterocycles. The Labute approximate surface area is 53.4 Å². The van der Waals surface area contributed by atoms with Crippen molar-refractivity contribution in [3.63, 3.8) is 0 Å². The molecular formula is C6H8N2O. The zero-order chi connectivity index (χ0) is 6.69. The van der Waals surface area contributed by atoms with Crippen LogP contribution in [0.15, 0.2) is 18.2 Å². The molecule has 1 aromatic rings. The molecule has 1 heterocycles. The molecule has 0 spiro atoms. The van der Waals surface area contributed by atoms with Crippen molar-refractivity contribution >= 4 is 0 Å². The van der Waals surface area contributed by atoms with Crippen molar-refractivity contribution in [2.24, 2.45) is 5.90 Å². The van der Waals surface area contributed by atoms with Gasteiger partial charge in [-0.2, -0.15) is 5.90 Å². The van der Waals surface area contributed by atoms with E-state index in [9.17, 15) is 0 Å². The van der Waals surface area contributed by atoms with Crippen LogP contribution in [0.25, 0.3) is 0 Å². The summed E-state index contributed by atoms with van der Waals surface area (Å²) in [6.07, 6.45) is 0. The van der Waals surface area contributed by atoms with Gasteiger partial charge in [-0.1, -0.05) is 6.07 Å². The molecule has 9 heavy (non-hydrogen) atoms. The Morgan fingerprint density at radius 3 is 2.78 bits per heavy atom. The minimum Gasteiger partial charge on any atom is -0.391 e. The molecule has 0 atom stereocenters. The highest BCUT2D eigenvalue weighted by Gasteiger charge is 1.89. The Kier molecular flexibility index (Phi) is 1.65. The molecule has 0 saturated carbocycles. The third-order valence-corrected chi connectivity index (χ3v) is 0.984. The van der Waals surface area contributed by atoms with Gasteiger partial charge in [-0.3, -0.25) is 0 Å². The predicted molar refractivity (Wildman–Crippen MR) is 33.8 cm³/mol. The van der Waals surface area contributed by atoms with Crippen LogP contribution >= 0.6 is 0 Å². The number of nitrogens with two attached hydrogens (primary N) is 1. The number of nitrogens with zero attached hydrogens (tertiary/aromatic N) is 1. The quantitative estimate of drug-likeness (QED) is 0.559. The van der Waals surface area contributed by atoms with E-state index in [2.05, 4.69) is 9.82 Å². The molecule has 0 aliphatic rings. The van der Waals surface area contributed by atoms with Gasteiger partial charge in [0, 0.05) is 11.8 Å². The smallest absolute Gasteiger partial charge is 0.237 e. The SMILES string of the molecule is Cc1cccc(ON)n1. The van der Waals surface area contributed by atoms with Crippen molar-refractivity contribution in [3.8, 4) is 5.88 Å². The summed E-state index contributed by atoms with van der Waals surface area (Å²) in [6.45, 7) is 1.88. The van der Waals surface area contributed by atoms with Crippen LogP contribution in [0.1, 0.15) is 5.69 Å². The molecule has 2 N–H and O–H groups in total. The van der Waals surface area contributed by atoms with Crippen molar-refractivity contribution in [1.29, 1.82) is 0 Å². The Hall–Kier alpha value is -1.09. The lowest BCUT2D eigenvalue weighted by Crippen LogP contribution is -2.03.